The number of rotatable bonds is 6. The van der Waals surface area contributed by atoms with Gasteiger partial charge >= 0.3 is 6.03 Å². The summed E-state index contributed by atoms with van der Waals surface area (Å²) in [5.74, 6) is 0.545. The van der Waals surface area contributed by atoms with E-state index in [1.54, 1.807) is 0 Å². The summed E-state index contributed by atoms with van der Waals surface area (Å²) < 4.78 is 4.26. The first kappa shape index (κ1) is 18.0. The van der Waals surface area contributed by atoms with Crippen LogP contribution in [0.2, 0.25) is 0 Å². The Morgan fingerprint density at radius 2 is 1.77 bits per heavy atom. The third kappa shape index (κ3) is 4.44. The molecule has 1 heterocycles. The maximum atomic E-state index is 12.3. The Kier molecular flexibility index (Phi) is 5.93. The van der Waals surface area contributed by atoms with Crippen molar-refractivity contribution < 1.29 is 9.90 Å². The molecule has 0 saturated heterocycles. The van der Waals surface area contributed by atoms with E-state index in [9.17, 15) is 9.90 Å². The van der Waals surface area contributed by atoms with Crippen LogP contribution in [0.1, 0.15) is 18.4 Å². The normalized spacial score (nSPS) is 13.0. The number of nitrogens with one attached hydrogen (secondary N) is 2. The average molecular weight is 368 g/mol. The molecule has 0 aliphatic carbocycles. The summed E-state index contributed by atoms with van der Waals surface area (Å²) in [6, 6.07) is 18.5. The molecule has 2 aromatic carbocycles. The van der Waals surface area contributed by atoms with Crippen LogP contribution < -0.4 is 10.6 Å². The van der Waals surface area contributed by atoms with Gasteiger partial charge in [-0.2, -0.15) is 9.36 Å². The van der Waals surface area contributed by atoms with Crippen molar-refractivity contribution in [3.05, 3.63) is 66.2 Å². The molecule has 0 radical (unpaired) electrons. The molecule has 0 bridgehead atoms. The topological polar surface area (TPSA) is 87.1 Å². The van der Waals surface area contributed by atoms with Gasteiger partial charge in [0, 0.05) is 23.0 Å². The molecular formula is C19H20N4O2S. The number of anilines is 1. The van der Waals surface area contributed by atoms with E-state index in [0.717, 1.165) is 22.7 Å². The third-order valence-electron chi connectivity index (χ3n) is 4.12. The molecule has 1 aromatic heterocycles. The van der Waals surface area contributed by atoms with Crippen molar-refractivity contribution in [2.75, 3.05) is 11.9 Å². The summed E-state index contributed by atoms with van der Waals surface area (Å²) in [6.07, 6.45) is 0. The lowest BCUT2D eigenvalue weighted by molar-refractivity contribution is 0.215. The average Bonchev–Trinajstić information content (AvgIpc) is 3.15. The maximum Gasteiger partial charge on any atom is 0.321 e. The fraction of sp³-hybridized carbons (Fsp3) is 0.211. The zero-order valence-electron chi connectivity index (χ0n) is 14.3. The van der Waals surface area contributed by atoms with Crippen molar-refractivity contribution in [1.29, 1.82) is 0 Å². The van der Waals surface area contributed by atoms with E-state index >= 15 is 0 Å². The minimum Gasteiger partial charge on any atom is -0.394 e. The quantitative estimate of drug-likeness (QED) is 0.621. The van der Waals surface area contributed by atoms with Crippen LogP contribution in [-0.2, 0) is 0 Å². The van der Waals surface area contributed by atoms with Crippen molar-refractivity contribution in [1.82, 2.24) is 14.7 Å². The highest BCUT2D eigenvalue weighted by Crippen LogP contribution is 2.21. The highest BCUT2D eigenvalue weighted by molar-refractivity contribution is 7.10. The molecule has 0 spiro atoms. The Hall–Kier alpha value is -2.77. The number of carbonyl (C=O) groups excluding carboxylic acids is 1. The van der Waals surface area contributed by atoms with Crippen LogP contribution in [0.3, 0.4) is 0 Å². The Morgan fingerprint density at radius 1 is 1.12 bits per heavy atom. The fourth-order valence-corrected chi connectivity index (χ4v) is 3.18. The van der Waals surface area contributed by atoms with Gasteiger partial charge in [0.05, 0.1) is 12.6 Å². The number of nitrogens with zero attached hydrogens (tertiary/aromatic N) is 2. The molecule has 2 amide bonds. The predicted octanol–water partition coefficient (Wildman–Crippen LogP) is 3.49. The molecule has 0 unspecified atom stereocenters. The molecule has 0 saturated carbocycles. The second-order valence-corrected chi connectivity index (χ2v) is 6.63. The van der Waals surface area contributed by atoms with E-state index in [1.807, 2.05) is 67.6 Å². The first-order chi connectivity index (χ1) is 12.7. The fourth-order valence-electron chi connectivity index (χ4n) is 2.60. The first-order valence-electron chi connectivity index (χ1n) is 8.30. The lowest BCUT2D eigenvalue weighted by Crippen LogP contribution is -2.43. The van der Waals surface area contributed by atoms with E-state index in [1.165, 1.54) is 0 Å². The van der Waals surface area contributed by atoms with Crippen molar-refractivity contribution >= 4 is 22.7 Å². The molecule has 7 heteroatoms. The monoisotopic (exact) mass is 368 g/mol. The summed E-state index contributed by atoms with van der Waals surface area (Å²) in [5.41, 5.74) is 1.94. The Morgan fingerprint density at radius 3 is 2.42 bits per heavy atom. The zero-order valence-corrected chi connectivity index (χ0v) is 15.1. The van der Waals surface area contributed by atoms with Gasteiger partial charge in [0.15, 0.2) is 5.82 Å². The van der Waals surface area contributed by atoms with Crippen LogP contribution in [-0.4, -0.2) is 33.1 Å². The zero-order chi connectivity index (χ0) is 18.4. The first-order valence-corrected chi connectivity index (χ1v) is 9.07. The minimum atomic E-state index is -0.414. The van der Waals surface area contributed by atoms with Gasteiger partial charge in [-0.3, -0.25) is 5.32 Å². The van der Waals surface area contributed by atoms with Gasteiger partial charge in [-0.05, 0) is 5.56 Å². The van der Waals surface area contributed by atoms with Crippen molar-refractivity contribution in [3.8, 4) is 11.4 Å². The van der Waals surface area contributed by atoms with Gasteiger partial charge in [-0.15, -0.1) is 0 Å². The molecule has 3 N–H and O–H groups in total. The van der Waals surface area contributed by atoms with E-state index in [0.29, 0.717) is 11.0 Å². The predicted molar refractivity (Wildman–Crippen MR) is 103 cm³/mol. The number of aliphatic hydroxyl groups is 1. The van der Waals surface area contributed by atoms with E-state index in [4.69, 9.17) is 0 Å². The number of carbonyl (C=O) groups is 1. The molecule has 0 aliphatic rings. The summed E-state index contributed by atoms with van der Waals surface area (Å²) in [5, 5.41) is 15.6. The van der Waals surface area contributed by atoms with Crippen LogP contribution in [0.15, 0.2) is 60.7 Å². The second kappa shape index (κ2) is 8.55. The van der Waals surface area contributed by atoms with Gasteiger partial charge in [-0.25, -0.2) is 4.79 Å². The van der Waals surface area contributed by atoms with Crippen LogP contribution in [0.25, 0.3) is 11.4 Å². The molecule has 26 heavy (non-hydrogen) atoms. The van der Waals surface area contributed by atoms with Gasteiger partial charge in [0.2, 0.25) is 5.13 Å². The van der Waals surface area contributed by atoms with E-state index in [2.05, 4.69) is 20.0 Å². The summed E-state index contributed by atoms with van der Waals surface area (Å²) in [6.45, 7) is 1.81. The number of hydrogen-bond acceptors (Lipinski definition) is 5. The number of hydrogen-bond donors (Lipinski definition) is 3. The number of urea groups is 1. The van der Waals surface area contributed by atoms with Crippen molar-refractivity contribution in [2.45, 2.75) is 18.9 Å². The lowest BCUT2D eigenvalue weighted by Gasteiger charge is -2.23. The van der Waals surface area contributed by atoms with E-state index < -0.39 is 12.1 Å². The molecule has 3 aromatic rings. The highest BCUT2D eigenvalue weighted by Gasteiger charge is 2.21. The number of amides is 2. The second-order valence-electron chi connectivity index (χ2n) is 5.88. The lowest BCUT2D eigenvalue weighted by atomic mass is 9.94. The van der Waals surface area contributed by atoms with Crippen LogP contribution in [0, 0.1) is 0 Å². The molecule has 3 rings (SSSR count). The van der Waals surface area contributed by atoms with Gasteiger partial charge in [-0.1, -0.05) is 67.6 Å². The van der Waals surface area contributed by atoms with Gasteiger partial charge in [0.1, 0.15) is 0 Å². The molecular weight excluding hydrogens is 348 g/mol. The van der Waals surface area contributed by atoms with Gasteiger partial charge < -0.3 is 10.4 Å². The SMILES string of the molecule is C[C@H](c1ccccc1)[C@@H](CO)NC(=O)Nc1nc(-c2ccccc2)ns1. The van der Waals surface area contributed by atoms with E-state index in [-0.39, 0.29) is 12.5 Å². The Bertz CT molecular complexity index is 839. The van der Waals surface area contributed by atoms with Crippen LogP contribution in [0.4, 0.5) is 9.93 Å². The standard InChI is InChI=1S/C19H20N4O2S/c1-13(14-8-4-2-5-9-14)16(12-24)20-18(25)22-19-21-17(23-26-19)15-10-6-3-7-11-15/h2-11,13,16,24H,12H2,1H3,(H2,20,21,22,23,25)/t13-,16-/m1/s1. The van der Waals surface area contributed by atoms with Crippen LogP contribution >= 0.6 is 11.5 Å². The summed E-state index contributed by atoms with van der Waals surface area (Å²) in [7, 11) is 0. The molecule has 0 fully saturated rings. The Labute approximate surface area is 156 Å². The third-order valence-corrected chi connectivity index (χ3v) is 4.75. The molecule has 2 atom stereocenters. The Balaban J connectivity index is 1.62. The maximum absolute atomic E-state index is 12.3. The van der Waals surface area contributed by atoms with Crippen molar-refractivity contribution in [3.63, 3.8) is 0 Å². The number of aliphatic hydroxyl groups excluding tert-OH is 1. The highest BCUT2D eigenvalue weighted by atomic mass is 32.1. The molecule has 134 valence electrons. The molecule has 6 nitrogen and oxygen atoms in total. The summed E-state index contributed by atoms with van der Waals surface area (Å²) in [4.78, 5) is 16.6. The number of aromatic nitrogens is 2. The summed E-state index contributed by atoms with van der Waals surface area (Å²) >= 11 is 1.12. The molecule has 0 aliphatic heterocycles. The number of benzene rings is 2. The van der Waals surface area contributed by atoms with Crippen LogP contribution in [0.5, 0.6) is 0 Å². The largest absolute Gasteiger partial charge is 0.394 e. The minimum absolute atomic E-state index is 0.0266. The smallest absolute Gasteiger partial charge is 0.321 e. The van der Waals surface area contributed by atoms with Crippen molar-refractivity contribution in [2.24, 2.45) is 0 Å². The van der Waals surface area contributed by atoms with Gasteiger partial charge in [0.25, 0.3) is 0 Å².